The number of carbonyl (C=O) groups excluding carboxylic acids is 1. The Morgan fingerprint density at radius 1 is 0.870 bits per heavy atom. The maximum Gasteiger partial charge on any atom is 0.231 e. The molecule has 0 amide bonds. The molecule has 0 saturated carbocycles. The standard InChI is InChI=1S/C17H13NO5/c19-13-5-11(9-1-2-14-15(3-9)21-7-20-14)18-12-6-17-16(4-10(12)13)22-8-23-17/h1-4,6,11,18H,5,7-8H2. The van der Waals surface area contributed by atoms with Crippen LogP contribution in [0.1, 0.15) is 28.4 Å². The van der Waals surface area contributed by atoms with Gasteiger partial charge in [-0.2, -0.15) is 0 Å². The summed E-state index contributed by atoms with van der Waals surface area (Å²) in [4.78, 5) is 12.5. The van der Waals surface area contributed by atoms with Crippen LogP contribution in [0.4, 0.5) is 5.69 Å². The van der Waals surface area contributed by atoms with E-state index in [9.17, 15) is 4.79 Å². The zero-order valence-electron chi connectivity index (χ0n) is 12.1. The monoisotopic (exact) mass is 311 g/mol. The average molecular weight is 311 g/mol. The largest absolute Gasteiger partial charge is 0.454 e. The minimum atomic E-state index is -0.107. The third kappa shape index (κ3) is 1.91. The van der Waals surface area contributed by atoms with Crippen molar-refractivity contribution in [2.75, 3.05) is 18.9 Å². The van der Waals surface area contributed by atoms with E-state index < -0.39 is 0 Å². The molecule has 3 heterocycles. The maximum absolute atomic E-state index is 12.5. The summed E-state index contributed by atoms with van der Waals surface area (Å²) >= 11 is 0. The second kappa shape index (κ2) is 4.55. The number of Topliss-reactive ketones (excluding diaryl/α,β-unsaturated/α-hetero) is 1. The lowest BCUT2D eigenvalue weighted by molar-refractivity contribution is 0.0971. The van der Waals surface area contributed by atoms with Crippen LogP contribution in [0.15, 0.2) is 30.3 Å². The zero-order chi connectivity index (χ0) is 15.4. The molecule has 0 spiro atoms. The third-order valence-electron chi connectivity index (χ3n) is 4.33. The van der Waals surface area contributed by atoms with Crippen LogP contribution in [0.25, 0.3) is 0 Å². The van der Waals surface area contributed by atoms with Crippen molar-refractivity contribution in [2.45, 2.75) is 12.5 Å². The first-order valence-electron chi connectivity index (χ1n) is 7.41. The molecule has 1 N–H and O–H groups in total. The first-order chi connectivity index (χ1) is 11.3. The Hall–Kier alpha value is -2.89. The number of anilines is 1. The molecule has 1 atom stereocenters. The van der Waals surface area contributed by atoms with Gasteiger partial charge in [-0.3, -0.25) is 4.79 Å². The number of ketones is 1. The lowest BCUT2D eigenvalue weighted by atomic mass is 9.92. The van der Waals surface area contributed by atoms with Crippen molar-refractivity contribution in [3.05, 3.63) is 41.5 Å². The highest BCUT2D eigenvalue weighted by atomic mass is 16.7. The van der Waals surface area contributed by atoms with E-state index in [1.54, 1.807) is 6.07 Å². The number of carbonyl (C=O) groups is 1. The summed E-state index contributed by atoms with van der Waals surface area (Å²) in [5, 5.41) is 3.41. The third-order valence-corrected chi connectivity index (χ3v) is 4.33. The van der Waals surface area contributed by atoms with E-state index in [4.69, 9.17) is 18.9 Å². The number of nitrogens with one attached hydrogen (secondary N) is 1. The molecule has 2 aromatic rings. The molecule has 6 heteroatoms. The van der Waals surface area contributed by atoms with Gasteiger partial charge in [0.25, 0.3) is 0 Å². The van der Waals surface area contributed by atoms with E-state index in [2.05, 4.69) is 5.32 Å². The molecule has 0 saturated heterocycles. The molecule has 0 bridgehead atoms. The molecular weight excluding hydrogens is 298 g/mol. The van der Waals surface area contributed by atoms with Crippen LogP contribution >= 0.6 is 0 Å². The van der Waals surface area contributed by atoms with E-state index in [0.717, 1.165) is 17.0 Å². The predicted octanol–water partition coefficient (Wildman–Crippen LogP) is 2.88. The molecule has 0 aromatic heterocycles. The lowest BCUT2D eigenvalue weighted by Gasteiger charge is -2.26. The van der Waals surface area contributed by atoms with Crippen molar-refractivity contribution >= 4 is 11.5 Å². The van der Waals surface area contributed by atoms with Crippen molar-refractivity contribution in [2.24, 2.45) is 0 Å². The second-order valence-corrected chi connectivity index (χ2v) is 5.69. The van der Waals surface area contributed by atoms with Crippen molar-refractivity contribution < 1.29 is 23.7 Å². The van der Waals surface area contributed by atoms with Crippen LogP contribution in [0.5, 0.6) is 23.0 Å². The second-order valence-electron chi connectivity index (χ2n) is 5.69. The van der Waals surface area contributed by atoms with Crippen LogP contribution in [-0.2, 0) is 0 Å². The molecular formula is C17H13NO5. The molecule has 0 radical (unpaired) electrons. The highest BCUT2D eigenvalue weighted by molar-refractivity contribution is 6.04. The summed E-state index contributed by atoms with van der Waals surface area (Å²) in [6.45, 7) is 0.431. The Morgan fingerprint density at radius 3 is 2.39 bits per heavy atom. The minimum absolute atomic E-state index is 0.0831. The van der Waals surface area contributed by atoms with E-state index in [1.165, 1.54) is 0 Å². The van der Waals surface area contributed by atoms with Crippen molar-refractivity contribution in [1.82, 2.24) is 0 Å². The molecule has 2 aromatic carbocycles. The Labute approximate surface area is 131 Å². The van der Waals surface area contributed by atoms with Crippen LogP contribution in [0.3, 0.4) is 0 Å². The number of ether oxygens (including phenoxy) is 4. The van der Waals surface area contributed by atoms with Gasteiger partial charge in [-0.1, -0.05) is 6.07 Å². The fraction of sp³-hybridized carbons (Fsp3) is 0.235. The Bertz CT molecular complexity index is 832. The minimum Gasteiger partial charge on any atom is -0.454 e. The molecule has 1 unspecified atom stereocenters. The van der Waals surface area contributed by atoms with Crippen LogP contribution in [-0.4, -0.2) is 19.4 Å². The number of fused-ring (bicyclic) bond motifs is 3. The zero-order valence-corrected chi connectivity index (χ0v) is 12.1. The van der Waals surface area contributed by atoms with Gasteiger partial charge in [0.05, 0.1) is 6.04 Å². The normalized spacial score (nSPS) is 20.2. The summed E-state index contributed by atoms with van der Waals surface area (Å²) in [6, 6.07) is 9.22. The van der Waals surface area contributed by atoms with Crippen molar-refractivity contribution in [3.8, 4) is 23.0 Å². The van der Waals surface area contributed by atoms with Gasteiger partial charge < -0.3 is 24.3 Å². The number of hydrogen-bond donors (Lipinski definition) is 1. The van der Waals surface area contributed by atoms with Gasteiger partial charge in [0.15, 0.2) is 28.8 Å². The fourth-order valence-electron chi connectivity index (χ4n) is 3.16. The molecule has 3 aliphatic heterocycles. The van der Waals surface area contributed by atoms with Gasteiger partial charge in [-0.15, -0.1) is 0 Å². The summed E-state index contributed by atoms with van der Waals surface area (Å²) < 4.78 is 21.5. The molecule has 0 aliphatic carbocycles. The first kappa shape index (κ1) is 12.6. The summed E-state index contributed by atoms with van der Waals surface area (Å²) in [7, 11) is 0. The Kier molecular flexibility index (Phi) is 2.50. The van der Waals surface area contributed by atoms with E-state index in [0.29, 0.717) is 29.2 Å². The van der Waals surface area contributed by atoms with Gasteiger partial charge in [-0.25, -0.2) is 0 Å². The van der Waals surface area contributed by atoms with Gasteiger partial charge in [0.2, 0.25) is 13.6 Å². The SMILES string of the molecule is O=C1CC(c2ccc3c(c2)OCO3)Nc2cc3c(cc21)OCO3. The number of rotatable bonds is 1. The molecule has 23 heavy (non-hydrogen) atoms. The van der Waals surface area contributed by atoms with Gasteiger partial charge in [0, 0.05) is 23.7 Å². The van der Waals surface area contributed by atoms with E-state index in [1.807, 2.05) is 24.3 Å². The van der Waals surface area contributed by atoms with E-state index >= 15 is 0 Å². The average Bonchev–Trinajstić information content (AvgIpc) is 3.20. The fourth-order valence-corrected chi connectivity index (χ4v) is 3.16. The van der Waals surface area contributed by atoms with Crippen molar-refractivity contribution in [1.29, 1.82) is 0 Å². The molecule has 5 rings (SSSR count). The highest BCUT2D eigenvalue weighted by Gasteiger charge is 2.29. The molecule has 6 nitrogen and oxygen atoms in total. The van der Waals surface area contributed by atoms with Gasteiger partial charge >= 0.3 is 0 Å². The highest BCUT2D eigenvalue weighted by Crippen LogP contribution is 2.43. The van der Waals surface area contributed by atoms with Gasteiger partial charge in [0.1, 0.15) is 0 Å². The lowest BCUT2D eigenvalue weighted by Crippen LogP contribution is -2.22. The van der Waals surface area contributed by atoms with Crippen LogP contribution in [0.2, 0.25) is 0 Å². The maximum atomic E-state index is 12.5. The number of benzene rings is 2. The van der Waals surface area contributed by atoms with E-state index in [-0.39, 0.29) is 25.4 Å². The summed E-state index contributed by atoms with van der Waals surface area (Å²) in [5.74, 6) is 2.82. The van der Waals surface area contributed by atoms with Crippen LogP contribution < -0.4 is 24.3 Å². The molecule has 3 aliphatic rings. The van der Waals surface area contributed by atoms with Gasteiger partial charge in [-0.05, 0) is 23.8 Å². The quantitative estimate of drug-likeness (QED) is 0.873. The molecule has 116 valence electrons. The number of hydrogen-bond acceptors (Lipinski definition) is 6. The summed E-state index contributed by atoms with van der Waals surface area (Å²) in [6.07, 6.45) is 0.381. The summed E-state index contributed by atoms with van der Waals surface area (Å²) in [5.41, 5.74) is 2.41. The Morgan fingerprint density at radius 2 is 1.57 bits per heavy atom. The first-order valence-corrected chi connectivity index (χ1v) is 7.41. The molecule has 0 fully saturated rings. The smallest absolute Gasteiger partial charge is 0.231 e. The topological polar surface area (TPSA) is 66.0 Å². The van der Waals surface area contributed by atoms with Crippen LogP contribution in [0, 0.1) is 0 Å². The van der Waals surface area contributed by atoms with Crippen molar-refractivity contribution in [3.63, 3.8) is 0 Å². The predicted molar refractivity (Wildman–Crippen MR) is 80.4 cm³/mol. The Balaban J connectivity index is 1.52.